The van der Waals surface area contributed by atoms with Crippen LogP contribution in [0.1, 0.15) is 420 Å². The van der Waals surface area contributed by atoms with Crippen molar-refractivity contribution in [3.8, 4) is 0 Å². The Bertz CT molecular complexity index is 1870. The molecule has 582 valence electrons. The van der Waals surface area contributed by atoms with Crippen molar-refractivity contribution in [2.75, 3.05) is 39.6 Å². The molecule has 0 aromatic rings. The van der Waals surface area contributed by atoms with Crippen molar-refractivity contribution in [3.05, 3.63) is 0 Å². The molecule has 0 amide bonds. The van der Waals surface area contributed by atoms with Crippen molar-refractivity contribution in [1.82, 2.24) is 0 Å². The summed E-state index contributed by atoms with van der Waals surface area (Å²) in [5.74, 6) is -1.43. The molecule has 0 aliphatic carbocycles. The van der Waals surface area contributed by atoms with Crippen LogP contribution in [0.3, 0.4) is 0 Å². The molecule has 0 bridgehead atoms. The van der Waals surface area contributed by atoms with Crippen LogP contribution in [-0.4, -0.2) is 96.7 Å². The largest absolute Gasteiger partial charge is 0.472 e. The van der Waals surface area contributed by atoms with Gasteiger partial charge in [-0.25, -0.2) is 9.13 Å². The lowest BCUT2D eigenvalue weighted by molar-refractivity contribution is -0.161. The molecule has 0 aliphatic rings. The van der Waals surface area contributed by atoms with Gasteiger partial charge < -0.3 is 33.8 Å². The van der Waals surface area contributed by atoms with E-state index >= 15 is 0 Å². The fourth-order valence-corrected chi connectivity index (χ4v) is 13.8. The summed E-state index contributed by atoms with van der Waals surface area (Å²) in [6.45, 7) is 7.14. The van der Waals surface area contributed by atoms with Crippen LogP contribution in [0, 0.1) is 5.92 Å². The van der Waals surface area contributed by atoms with Crippen molar-refractivity contribution in [1.29, 1.82) is 0 Å². The van der Waals surface area contributed by atoms with E-state index in [2.05, 4.69) is 34.6 Å². The maximum absolute atomic E-state index is 13.1. The average molecular weight is 1440 g/mol. The zero-order valence-corrected chi connectivity index (χ0v) is 65.7. The first-order valence-electron chi connectivity index (χ1n) is 41.1. The Hall–Kier alpha value is -1.94. The van der Waals surface area contributed by atoms with Crippen molar-refractivity contribution in [2.45, 2.75) is 438 Å². The van der Waals surface area contributed by atoms with E-state index < -0.39 is 97.5 Å². The van der Waals surface area contributed by atoms with Crippen LogP contribution in [0.15, 0.2) is 0 Å². The monoisotopic (exact) mass is 1440 g/mol. The Labute approximate surface area is 600 Å². The van der Waals surface area contributed by atoms with E-state index in [0.29, 0.717) is 31.6 Å². The fraction of sp³-hybridized carbons (Fsp3) is 0.949. The molecule has 17 nitrogen and oxygen atoms in total. The lowest BCUT2D eigenvalue weighted by atomic mass is 10.0. The van der Waals surface area contributed by atoms with Gasteiger partial charge in [0.05, 0.1) is 26.4 Å². The van der Waals surface area contributed by atoms with Gasteiger partial charge in [0.15, 0.2) is 12.2 Å². The van der Waals surface area contributed by atoms with Crippen LogP contribution in [-0.2, 0) is 65.4 Å². The molecule has 0 radical (unpaired) electrons. The molecule has 98 heavy (non-hydrogen) atoms. The molecule has 0 fully saturated rings. The molecule has 19 heteroatoms. The minimum atomic E-state index is -4.96. The second kappa shape index (κ2) is 72.0. The highest BCUT2D eigenvalue weighted by atomic mass is 31.2. The summed E-state index contributed by atoms with van der Waals surface area (Å²) in [5.41, 5.74) is 0. The van der Waals surface area contributed by atoms with Gasteiger partial charge in [0.1, 0.15) is 19.3 Å². The van der Waals surface area contributed by atoms with Crippen LogP contribution in [0.5, 0.6) is 0 Å². The maximum Gasteiger partial charge on any atom is 0.472 e. The van der Waals surface area contributed by atoms with Gasteiger partial charge in [0.2, 0.25) is 0 Å². The van der Waals surface area contributed by atoms with Gasteiger partial charge in [0.25, 0.3) is 0 Å². The number of ether oxygens (including phenoxy) is 4. The molecule has 0 heterocycles. The summed E-state index contributed by atoms with van der Waals surface area (Å²) in [6.07, 6.45) is 63.4. The SMILES string of the molecule is CCCCCCCCCCCCCCCCCCCCCCCCC(=O)O[C@H](COC(=O)CCCCCCCCCCCCCCCCCCCCCCC)COP(=O)(O)OC[C@@H](O)COP(=O)(O)OC[C@@H](COC(=O)CCCCCCC)OC(=O)CCCCCCCCCC(C)C. The third kappa shape index (κ3) is 72.4. The highest BCUT2D eigenvalue weighted by Crippen LogP contribution is 2.45. The van der Waals surface area contributed by atoms with E-state index in [1.165, 1.54) is 238 Å². The first kappa shape index (κ1) is 96.1. The standard InChI is InChI=1S/C79H154O17P2/c1-6-9-12-15-17-19-21-23-25-27-29-31-33-35-37-39-41-43-45-49-54-59-64-78(83)96-75(69-90-77(82)63-58-53-48-44-42-40-38-36-34-32-30-28-26-24-22-20-18-16-13-10-7-2)71-94-98(87,88)92-67-73(80)66-91-97(85,86)93-70-74(68-89-76(81)62-57-51-14-11-8-3)95-79(84)65-60-55-50-46-47-52-56-61-72(4)5/h72-75,80H,6-71H2,1-5H3,(H,85,86)(H,87,88)/t73-,74+,75+/m0/s1. The number of carbonyl (C=O) groups excluding carboxylic acids is 4. The van der Waals surface area contributed by atoms with Gasteiger partial charge in [-0.2, -0.15) is 0 Å². The average Bonchev–Trinajstić information content (AvgIpc) is 1.05. The molecule has 0 aliphatic heterocycles. The number of esters is 4. The summed E-state index contributed by atoms with van der Waals surface area (Å²) < 4.78 is 68.3. The highest BCUT2D eigenvalue weighted by molar-refractivity contribution is 7.47. The van der Waals surface area contributed by atoms with E-state index in [0.717, 1.165) is 96.3 Å². The van der Waals surface area contributed by atoms with Gasteiger partial charge in [-0.05, 0) is 31.6 Å². The van der Waals surface area contributed by atoms with E-state index in [9.17, 15) is 43.2 Å². The minimum Gasteiger partial charge on any atom is -0.462 e. The Balaban J connectivity index is 5.08. The van der Waals surface area contributed by atoms with Crippen molar-refractivity contribution in [3.63, 3.8) is 0 Å². The molecule has 0 rings (SSSR count). The summed E-state index contributed by atoms with van der Waals surface area (Å²) in [7, 11) is -9.90. The Kier molecular flexibility index (Phi) is 70.6. The molecule has 2 unspecified atom stereocenters. The predicted molar refractivity (Wildman–Crippen MR) is 400 cm³/mol. The topological polar surface area (TPSA) is 237 Å². The van der Waals surface area contributed by atoms with Gasteiger partial charge in [-0.3, -0.25) is 37.3 Å². The van der Waals surface area contributed by atoms with Crippen LogP contribution < -0.4 is 0 Å². The first-order chi connectivity index (χ1) is 47.5. The third-order valence-electron chi connectivity index (χ3n) is 18.5. The van der Waals surface area contributed by atoms with Crippen LogP contribution in [0.4, 0.5) is 0 Å². The molecule has 3 N–H and O–H groups in total. The minimum absolute atomic E-state index is 0.103. The number of carbonyl (C=O) groups is 4. The van der Waals surface area contributed by atoms with Gasteiger partial charge in [0, 0.05) is 25.7 Å². The Morgan fingerprint density at radius 2 is 0.469 bits per heavy atom. The first-order valence-corrected chi connectivity index (χ1v) is 44.1. The van der Waals surface area contributed by atoms with Gasteiger partial charge in [-0.1, -0.05) is 369 Å². The number of phosphoric ester groups is 2. The maximum atomic E-state index is 13.1. The summed E-state index contributed by atoms with van der Waals surface area (Å²) in [4.78, 5) is 72.5. The molecule has 0 spiro atoms. The molecule has 0 aromatic carbocycles. The van der Waals surface area contributed by atoms with Crippen LogP contribution >= 0.6 is 15.6 Å². The zero-order valence-electron chi connectivity index (χ0n) is 63.9. The number of unbranched alkanes of at least 4 members (excludes halogenated alkanes) is 51. The number of aliphatic hydroxyl groups excluding tert-OH is 1. The zero-order chi connectivity index (χ0) is 71.9. The molecular formula is C79H154O17P2. The second-order valence-electron chi connectivity index (χ2n) is 28.9. The summed E-state index contributed by atoms with van der Waals surface area (Å²) in [6, 6.07) is 0. The third-order valence-corrected chi connectivity index (χ3v) is 20.4. The Morgan fingerprint density at radius 3 is 0.694 bits per heavy atom. The number of rotatable bonds is 79. The highest BCUT2D eigenvalue weighted by Gasteiger charge is 2.30. The van der Waals surface area contributed by atoms with Gasteiger partial charge >= 0.3 is 39.5 Å². The number of aliphatic hydroxyl groups is 1. The van der Waals surface area contributed by atoms with Crippen molar-refractivity contribution in [2.24, 2.45) is 5.92 Å². The lowest BCUT2D eigenvalue weighted by Gasteiger charge is -2.21. The van der Waals surface area contributed by atoms with E-state index in [4.69, 9.17) is 37.0 Å². The quantitative estimate of drug-likeness (QED) is 0.0222. The number of hydrogen-bond acceptors (Lipinski definition) is 15. The van der Waals surface area contributed by atoms with Gasteiger partial charge in [-0.15, -0.1) is 0 Å². The van der Waals surface area contributed by atoms with Crippen molar-refractivity contribution < 1.29 is 80.2 Å². The molecule has 5 atom stereocenters. The predicted octanol–water partition coefficient (Wildman–Crippen LogP) is 23.6. The van der Waals surface area contributed by atoms with Crippen LogP contribution in [0.25, 0.3) is 0 Å². The lowest BCUT2D eigenvalue weighted by Crippen LogP contribution is -2.30. The summed E-state index contributed by atoms with van der Waals surface area (Å²) in [5, 5.41) is 10.6. The molecule has 0 aromatic heterocycles. The van der Waals surface area contributed by atoms with E-state index in [1.54, 1.807) is 0 Å². The fourth-order valence-electron chi connectivity index (χ4n) is 12.2. The molecule has 0 saturated heterocycles. The van der Waals surface area contributed by atoms with E-state index in [1.807, 2.05) is 0 Å². The normalized spacial score (nSPS) is 13.9. The smallest absolute Gasteiger partial charge is 0.462 e. The second-order valence-corrected chi connectivity index (χ2v) is 31.8. The van der Waals surface area contributed by atoms with Crippen LogP contribution in [0.2, 0.25) is 0 Å². The van der Waals surface area contributed by atoms with E-state index in [-0.39, 0.29) is 25.7 Å². The molecular weight excluding hydrogens is 1280 g/mol. The number of phosphoric acid groups is 2. The summed E-state index contributed by atoms with van der Waals surface area (Å²) >= 11 is 0. The van der Waals surface area contributed by atoms with Crippen molar-refractivity contribution >= 4 is 39.5 Å². The Morgan fingerprint density at radius 1 is 0.276 bits per heavy atom. The number of hydrogen-bond donors (Lipinski definition) is 3. The molecule has 0 saturated carbocycles.